The maximum Gasteiger partial charge on any atom is 0.225 e. The highest BCUT2D eigenvalue weighted by Gasteiger charge is 2.26. The Morgan fingerprint density at radius 1 is 1.21 bits per heavy atom. The van der Waals surface area contributed by atoms with Gasteiger partial charge in [-0.3, -0.25) is 4.79 Å². The van der Waals surface area contributed by atoms with Crippen LogP contribution in [0.15, 0.2) is 0 Å². The molecule has 4 nitrogen and oxygen atoms in total. The Hall–Kier alpha value is -0.320. The van der Waals surface area contributed by atoms with Crippen molar-refractivity contribution >= 4 is 18.3 Å². The minimum atomic E-state index is 0. The van der Waals surface area contributed by atoms with E-state index in [1.54, 1.807) is 0 Å². The Morgan fingerprint density at radius 2 is 1.79 bits per heavy atom. The number of hydrogen-bond donors (Lipinski definition) is 1. The molecular weight excluding hydrogens is 262 g/mol. The number of hydrogen-bond acceptors (Lipinski definition) is 3. The summed E-state index contributed by atoms with van der Waals surface area (Å²) in [5.41, 5.74) is 0. The zero-order valence-corrected chi connectivity index (χ0v) is 13.6. The van der Waals surface area contributed by atoms with Crippen molar-refractivity contribution in [1.82, 2.24) is 15.1 Å². The second kappa shape index (κ2) is 9.56. The molecule has 0 aliphatic carbocycles. The molecular formula is C14H30ClN3O. The standard InChI is InChI=1S/C14H29N3O.ClH/c1-12(2)11-17(10-9-16(3)4)14(18)13-5-7-15-8-6-13;/h12-13,15H,5-11H2,1-4H3;1H. The van der Waals surface area contributed by atoms with E-state index in [1.807, 2.05) is 0 Å². The third-order valence-electron chi connectivity index (χ3n) is 3.40. The Balaban J connectivity index is 0.00000324. The van der Waals surface area contributed by atoms with E-state index in [2.05, 4.69) is 43.1 Å². The van der Waals surface area contributed by atoms with Crippen molar-refractivity contribution in [3.05, 3.63) is 0 Å². The van der Waals surface area contributed by atoms with Crippen LogP contribution in [0, 0.1) is 11.8 Å². The van der Waals surface area contributed by atoms with Crippen molar-refractivity contribution in [3.63, 3.8) is 0 Å². The molecule has 0 aromatic heterocycles. The summed E-state index contributed by atoms with van der Waals surface area (Å²) in [5.74, 6) is 1.15. The van der Waals surface area contributed by atoms with Gasteiger partial charge in [-0.1, -0.05) is 13.8 Å². The van der Waals surface area contributed by atoms with Gasteiger partial charge in [-0.15, -0.1) is 12.4 Å². The molecule has 114 valence electrons. The highest BCUT2D eigenvalue weighted by Crippen LogP contribution is 2.16. The van der Waals surface area contributed by atoms with Gasteiger partial charge in [0.2, 0.25) is 5.91 Å². The fourth-order valence-corrected chi connectivity index (χ4v) is 2.38. The van der Waals surface area contributed by atoms with Crippen LogP contribution in [-0.2, 0) is 4.79 Å². The molecule has 1 heterocycles. The number of amides is 1. The molecule has 0 aromatic carbocycles. The molecule has 1 saturated heterocycles. The van der Waals surface area contributed by atoms with E-state index in [0.717, 1.165) is 45.6 Å². The van der Waals surface area contributed by atoms with E-state index >= 15 is 0 Å². The number of rotatable bonds is 6. The third-order valence-corrected chi connectivity index (χ3v) is 3.40. The normalized spacial score (nSPS) is 16.5. The summed E-state index contributed by atoms with van der Waals surface area (Å²) in [6.45, 7) is 9.02. The summed E-state index contributed by atoms with van der Waals surface area (Å²) in [6.07, 6.45) is 1.99. The number of nitrogens with one attached hydrogen (secondary N) is 1. The van der Waals surface area contributed by atoms with Crippen LogP contribution >= 0.6 is 12.4 Å². The number of likely N-dealkylation sites (N-methyl/N-ethyl adjacent to an activating group) is 1. The number of nitrogens with zero attached hydrogens (tertiary/aromatic N) is 2. The first-order valence-electron chi connectivity index (χ1n) is 7.15. The molecule has 0 spiro atoms. The maximum absolute atomic E-state index is 12.5. The van der Waals surface area contributed by atoms with Crippen LogP contribution < -0.4 is 5.32 Å². The zero-order chi connectivity index (χ0) is 13.5. The fraction of sp³-hybridized carbons (Fsp3) is 0.929. The quantitative estimate of drug-likeness (QED) is 0.805. The molecule has 5 heteroatoms. The van der Waals surface area contributed by atoms with Crippen LogP contribution in [0.1, 0.15) is 26.7 Å². The topological polar surface area (TPSA) is 35.6 Å². The zero-order valence-electron chi connectivity index (χ0n) is 12.8. The summed E-state index contributed by atoms with van der Waals surface area (Å²) >= 11 is 0. The Bertz CT molecular complexity index is 253. The number of halogens is 1. The lowest BCUT2D eigenvalue weighted by molar-refractivity contribution is -0.137. The molecule has 1 fully saturated rings. The monoisotopic (exact) mass is 291 g/mol. The van der Waals surface area contributed by atoms with Gasteiger partial charge in [-0.05, 0) is 45.9 Å². The molecule has 0 bridgehead atoms. The van der Waals surface area contributed by atoms with Gasteiger partial charge in [-0.25, -0.2) is 0 Å². The fourth-order valence-electron chi connectivity index (χ4n) is 2.38. The minimum absolute atomic E-state index is 0. The van der Waals surface area contributed by atoms with E-state index in [-0.39, 0.29) is 18.3 Å². The summed E-state index contributed by atoms with van der Waals surface area (Å²) in [5, 5.41) is 3.32. The van der Waals surface area contributed by atoms with Crippen LogP contribution in [-0.4, -0.2) is 62.5 Å². The molecule has 1 aliphatic rings. The van der Waals surface area contributed by atoms with Crippen molar-refractivity contribution < 1.29 is 4.79 Å². The highest BCUT2D eigenvalue weighted by molar-refractivity contribution is 5.85. The lowest BCUT2D eigenvalue weighted by Crippen LogP contribution is -2.44. The van der Waals surface area contributed by atoms with Crippen LogP contribution in [0.25, 0.3) is 0 Å². The van der Waals surface area contributed by atoms with E-state index in [0.29, 0.717) is 11.8 Å². The van der Waals surface area contributed by atoms with Gasteiger partial charge in [0, 0.05) is 25.6 Å². The van der Waals surface area contributed by atoms with E-state index in [4.69, 9.17) is 0 Å². The first kappa shape index (κ1) is 18.7. The first-order valence-corrected chi connectivity index (χ1v) is 7.15. The average Bonchev–Trinajstić information content (AvgIpc) is 2.34. The minimum Gasteiger partial charge on any atom is -0.341 e. The van der Waals surface area contributed by atoms with Crippen molar-refractivity contribution in [3.8, 4) is 0 Å². The van der Waals surface area contributed by atoms with Gasteiger partial charge in [0.1, 0.15) is 0 Å². The molecule has 0 atom stereocenters. The largest absolute Gasteiger partial charge is 0.341 e. The van der Waals surface area contributed by atoms with Crippen LogP contribution in [0.2, 0.25) is 0 Å². The molecule has 1 amide bonds. The highest BCUT2D eigenvalue weighted by atomic mass is 35.5. The molecule has 0 aromatic rings. The van der Waals surface area contributed by atoms with Crippen molar-refractivity contribution in [1.29, 1.82) is 0 Å². The Kier molecular flexibility index (Phi) is 9.40. The summed E-state index contributed by atoms with van der Waals surface area (Å²) < 4.78 is 0. The summed E-state index contributed by atoms with van der Waals surface area (Å²) in [4.78, 5) is 16.7. The summed E-state index contributed by atoms with van der Waals surface area (Å²) in [7, 11) is 4.12. The van der Waals surface area contributed by atoms with Gasteiger partial charge in [0.15, 0.2) is 0 Å². The summed E-state index contributed by atoms with van der Waals surface area (Å²) in [6, 6.07) is 0. The Labute approximate surface area is 124 Å². The van der Waals surface area contributed by atoms with Gasteiger partial charge >= 0.3 is 0 Å². The number of carbonyl (C=O) groups is 1. The molecule has 1 rings (SSSR count). The van der Waals surface area contributed by atoms with Crippen LogP contribution in [0.5, 0.6) is 0 Å². The molecule has 1 N–H and O–H groups in total. The lowest BCUT2D eigenvalue weighted by atomic mass is 9.96. The predicted molar refractivity (Wildman–Crippen MR) is 82.8 cm³/mol. The third kappa shape index (κ3) is 7.14. The first-order chi connectivity index (χ1) is 8.50. The number of piperidine rings is 1. The van der Waals surface area contributed by atoms with Gasteiger partial charge < -0.3 is 15.1 Å². The molecule has 1 aliphatic heterocycles. The number of carbonyl (C=O) groups excluding carboxylic acids is 1. The second-order valence-corrected chi connectivity index (χ2v) is 6.01. The van der Waals surface area contributed by atoms with Crippen molar-refractivity contribution in [2.75, 3.05) is 46.8 Å². The van der Waals surface area contributed by atoms with E-state index in [9.17, 15) is 4.79 Å². The van der Waals surface area contributed by atoms with Crippen molar-refractivity contribution in [2.45, 2.75) is 26.7 Å². The van der Waals surface area contributed by atoms with Crippen LogP contribution in [0.3, 0.4) is 0 Å². The maximum atomic E-state index is 12.5. The lowest BCUT2D eigenvalue weighted by Gasteiger charge is -2.31. The SMILES string of the molecule is CC(C)CN(CCN(C)C)C(=O)C1CCNCC1.Cl. The van der Waals surface area contributed by atoms with E-state index in [1.165, 1.54) is 0 Å². The average molecular weight is 292 g/mol. The predicted octanol–water partition coefficient (Wildman–Crippen LogP) is 1.45. The van der Waals surface area contributed by atoms with Gasteiger partial charge in [-0.2, -0.15) is 0 Å². The van der Waals surface area contributed by atoms with Crippen LogP contribution in [0.4, 0.5) is 0 Å². The smallest absolute Gasteiger partial charge is 0.225 e. The molecule has 0 unspecified atom stereocenters. The molecule has 0 saturated carbocycles. The Morgan fingerprint density at radius 3 is 2.26 bits per heavy atom. The van der Waals surface area contributed by atoms with E-state index < -0.39 is 0 Å². The molecule has 19 heavy (non-hydrogen) atoms. The van der Waals surface area contributed by atoms with Gasteiger partial charge in [0.05, 0.1) is 0 Å². The van der Waals surface area contributed by atoms with Crippen molar-refractivity contribution in [2.24, 2.45) is 11.8 Å². The van der Waals surface area contributed by atoms with Gasteiger partial charge in [0.25, 0.3) is 0 Å². The molecule has 0 radical (unpaired) electrons. The second-order valence-electron chi connectivity index (χ2n) is 6.01.